The van der Waals surface area contributed by atoms with E-state index in [0.29, 0.717) is 152 Å². The van der Waals surface area contributed by atoms with Crippen molar-refractivity contribution in [2.45, 2.75) is 104 Å². The first-order chi connectivity index (χ1) is 72.2. The van der Waals surface area contributed by atoms with Crippen LogP contribution in [0.2, 0.25) is 10.0 Å². The van der Waals surface area contributed by atoms with Crippen LogP contribution in [0.5, 0.6) is 6.01 Å². The number of nitrogens with one attached hydrogen (secondary N) is 7. The molecule has 0 aliphatic heterocycles. The fourth-order valence-electron chi connectivity index (χ4n) is 16.4. The fourth-order valence-corrected chi connectivity index (χ4v) is 16.7. The van der Waals surface area contributed by atoms with Gasteiger partial charge in [-0.05, 0) is 198 Å². The number of aromatic carboxylic acids is 4. The number of aryl methyl sites for hydroxylation is 1. The number of terminal acetylenes is 1. The number of benzene rings is 10. The molecule has 2 aliphatic rings. The van der Waals surface area contributed by atoms with E-state index >= 15 is 0 Å². The maximum Gasteiger partial charge on any atom is 0.416 e. The third-order valence-corrected chi connectivity index (χ3v) is 24.6. The molecule has 0 spiro atoms. The van der Waals surface area contributed by atoms with Crippen LogP contribution >= 0.6 is 23.2 Å². The van der Waals surface area contributed by atoms with Crippen molar-refractivity contribution in [3.05, 3.63) is 310 Å². The van der Waals surface area contributed by atoms with E-state index in [9.17, 15) is 66.4 Å². The lowest BCUT2D eigenvalue weighted by Crippen LogP contribution is -2.07. The van der Waals surface area contributed by atoms with Gasteiger partial charge in [0.2, 0.25) is 11.9 Å². The van der Waals surface area contributed by atoms with Gasteiger partial charge in [0, 0.05) is 172 Å². The second-order valence-electron chi connectivity index (χ2n) is 35.2. The van der Waals surface area contributed by atoms with Crippen molar-refractivity contribution >= 4 is 231 Å². The second-order valence-corrected chi connectivity index (χ2v) is 36.1. The number of ketones is 1. The number of rotatable bonds is 27. The summed E-state index contributed by atoms with van der Waals surface area (Å²) in [6, 6.07) is 57.5. The van der Waals surface area contributed by atoms with Gasteiger partial charge in [-0.25, -0.2) is 97.7 Å². The van der Waals surface area contributed by atoms with Gasteiger partial charge in [-0.3, -0.25) is 4.79 Å². The van der Waals surface area contributed by atoms with E-state index in [-0.39, 0.29) is 56.9 Å². The fraction of sp³-hybridized carbons (Fsp3) is 0.171. The van der Waals surface area contributed by atoms with Gasteiger partial charge in [0.05, 0.1) is 62.0 Å². The van der Waals surface area contributed by atoms with Crippen LogP contribution in [0, 0.1) is 18.3 Å². The molecule has 0 radical (unpaired) electrons. The summed E-state index contributed by atoms with van der Waals surface area (Å²) in [6.07, 6.45) is 17.8. The highest BCUT2D eigenvalue weighted by Crippen LogP contribution is 2.42. The molecule has 32 nitrogen and oxygen atoms in total. The summed E-state index contributed by atoms with van der Waals surface area (Å²) in [6.45, 7) is 9.36. The summed E-state index contributed by atoms with van der Waals surface area (Å²) >= 11 is 12.2. The van der Waals surface area contributed by atoms with Crippen LogP contribution in [-0.2, 0) is 24.9 Å². The Morgan fingerprint density at radius 3 is 1.17 bits per heavy atom. The summed E-state index contributed by atoms with van der Waals surface area (Å²) in [5.41, 5.74) is 9.32. The number of carbonyl (C=O) groups is 5. The van der Waals surface area contributed by atoms with Crippen LogP contribution in [0.1, 0.15) is 153 Å². The first-order valence-corrected chi connectivity index (χ1v) is 48.2. The van der Waals surface area contributed by atoms with E-state index in [4.69, 9.17) is 59.3 Å². The number of aromatic nitrogens is 15. The number of hydrogen-bond acceptors (Lipinski definition) is 28. The zero-order valence-corrected chi connectivity index (χ0v) is 82.0. The monoisotopic (exact) mass is 2050 g/mol. The summed E-state index contributed by atoms with van der Waals surface area (Å²) in [5, 5.41) is 68.2. The van der Waals surface area contributed by atoms with Crippen LogP contribution in [-0.4, -0.2) is 144 Å². The molecule has 11 N–H and O–H groups in total. The molecule has 0 atom stereocenters. The standard InChI is InChI=1S/C24H20N4O2.C22H17ClN4O2.C22H16F3N5O2.C22H18F2N4O3.C21H18ClN5O/c1-3-5-9-21-25-14-19-18-11-10-16(24(29)30)13-20(18)27-23(22(19)28-21)26-17-8-6-7-15(4-2)12-17;23-14-2-1-3-15(10-14)25-21-20-17(11-24-19(27-20)8-12-4-5-12)16-7-6-13(22(28)29)9-18(16)26-21;23-22(24,25)12-2-1-3-14(9-12)27-19-18-16(10-26-21(30-18)28-13-5-6-13)15-7-4-11(20(31)32)8-17(15)29-19;1-3-31-21-25-11-16-15-8-7-12(20(29)30)9-17(15)27-19(18(16)28-21)26-14-6-4-5-13(10-14)22(2,23)24;1-3-23-21-24-11-17-16-8-7-13(12(2)28)9-18(16)26-20(19(17)27-21)25-15-6-4-5-14(22)10-15/h2,6-8,10-14H,3,5,9H2,1H3,(H,26,27)(H,29,30);1-3,6-7,9-12H,4-5,8H2,(H,25,26)(H,28,29);1-4,7-10,13H,5-6H2,(H,27,29)(H,31,32)(H,26,28,30);4-11H,3H2,1-2H3,(H,26,27)(H,29,30);4-11H,3H2,1-2H3,(H,25,26)(H,23,24,27). The molecule has 39 heteroatoms. The first kappa shape index (κ1) is 102. The predicted octanol–water partition coefficient (Wildman–Crippen LogP) is 25.7. The molecule has 2 aliphatic carbocycles. The zero-order valence-electron chi connectivity index (χ0n) is 80.5. The van der Waals surface area contributed by atoms with Gasteiger partial charge >= 0.3 is 36.1 Å². The van der Waals surface area contributed by atoms with E-state index in [1.807, 2.05) is 79.9 Å². The number of fused-ring (bicyclic) bond motifs is 15. The Kier molecular flexibility index (Phi) is 29.8. The number of halogens is 7. The highest BCUT2D eigenvalue weighted by Gasteiger charge is 2.32. The molecule has 0 bridgehead atoms. The number of nitrogens with zero attached hydrogens (tertiary/aromatic N) is 15. The van der Waals surface area contributed by atoms with Crippen molar-refractivity contribution in [3.8, 4) is 18.4 Å². The molecular formula is C111H89Cl2F5N22O10. The third kappa shape index (κ3) is 23.9. The Labute approximate surface area is 860 Å². The summed E-state index contributed by atoms with van der Waals surface area (Å²) in [7, 11) is 0. The molecule has 20 aromatic rings. The van der Waals surface area contributed by atoms with Gasteiger partial charge in [-0.15, -0.1) is 6.42 Å². The SMILES string of the molecule is C#Cc1cccc(Nc2nc3cc(C(=O)O)ccc3c3cnc(CCCC)nc23)c1.CCNc1ncc2c(n1)c(Nc1cccc(Cl)c1)nc1cc(C(C)=O)ccc12.CCOc1ncc2c(n1)c(Nc1cccc(C(C)(F)F)c1)nc1cc(C(=O)O)ccc12.O=C(O)c1ccc2c(c1)nc(Nc1cccc(C(F)(F)F)c1)c1nc(NC3CC3)ncc12.O=C(O)c1ccc2c(c1)nc(Nc1cccc(Cl)c1)c1nc(CC3CC3)ncc12. The zero-order chi connectivity index (χ0) is 105. The lowest BCUT2D eigenvalue weighted by Gasteiger charge is -2.15. The van der Waals surface area contributed by atoms with Crippen molar-refractivity contribution in [1.29, 1.82) is 0 Å². The Hall–Kier alpha value is -18.3. The highest BCUT2D eigenvalue weighted by atomic mass is 35.5. The summed E-state index contributed by atoms with van der Waals surface area (Å²) in [5.74, 6) is 0.726. The minimum absolute atomic E-state index is 0.00751. The van der Waals surface area contributed by atoms with Crippen LogP contribution < -0.4 is 42.0 Å². The smallest absolute Gasteiger partial charge is 0.416 e. The molecule has 0 saturated heterocycles. The number of Topliss-reactive ketones (excluding diaryl/α,β-unsaturated/α-hetero) is 1. The number of carboxylic acid groups (broad SMARTS) is 4. The molecule has 10 aromatic heterocycles. The lowest BCUT2D eigenvalue weighted by molar-refractivity contribution is -0.137. The average molecular weight is 2060 g/mol. The van der Waals surface area contributed by atoms with E-state index in [2.05, 4.69) is 99.9 Å². The van der Waals surface area contributed by atoms with Crippen LogP contribution in [0.15, 0.2) is 243 Å². The van der Waals surface area contributed by atoms with E-state index < -0.39 is 41.5 Å². The second kappa shape index (κ2) is 43.9. The molecule has 150 heavy (non-hydrogen) atoms. The molecule has 22 rings (SSSR count). The van der Waals surface area contributed by atoms with Gasteiger partial charge < -0.3 is 62.4 Å². The molecule has 10 heterocycles. The molecule has 752 valence electrons. The first-order valence-electron chi connectivity index (χ1n) is 47.4. The van der Waals surface area contributed by atoms with Gasteiger partial charge in [-0.2, -0.15) is 18.2 Å². The Bertz CT molecular complexity index is 8810. The number of pyridine rings is 5. The molecule has 2 saturated carbocycles. The molecule has 0 amide bonds. The molecule has 0 unspecified atom stereocenters. The maximum atomic E-state index is 13.8. The average Bonchev–Trinajstić information content (AvgIpc) is 1.21. The van der Waals surface area contributed by atoms with E-state index in [0.717, 1.165) is 124 Å². The number of carboxylic acids is 4. The minimum Gasteiger partial charge on any atom is -0.478 e. The third-order valence-electron chi connectivity index (χ3n) is 24.1. The quantitative estimate of drug-likeness (QED) is 0.00985. The largest absolute Gasteiger partial charge is 0.478 e. The highest BCUT2D eigenvalue weighted by molar-refractivity contribution is 6.31. The number of alkyl halides is 5. The normalized spacial score (nSPS) is 12.2. The van der Waals surface area contributed by atoms with Gasteiger partial charge in [0.25, 0.3) is 5.92 Å². The maximum absolute atomic E-state index is 13.8. The molecule has 2 fully saturated rings. The van der Waals surface area contributed by atoms with Crippen molar-refractivity contribution in [3.63, 3.8) is 0 Å². The topological polar surface area (TPSA) is 453 Å². The Morgan fingerprint density at radius 1 is 0.407 bits per heavy atom. The van der Waals surface area contributed by atoms with Crippen molar-refractivity contribution in [2.75, 3.05) is 50.4 Å². The number of carbonyl (C=O) groups excluding carboxylic acids is 1. The van der Waals surface area contributed by atoms with Crippen LogP contribution in [0.3, 0.4) is 0 Å². The van der Waals surface area contributed by atoms with Crippen molar-refractivity contribution in [2.24, 2.45) is 5.92 Å². The number of hydrogen-bond donors (Lipinski definition) is 11. The minimum atomic E-state index is -4.49. The van der Waals surface area contributed by atoms with Crippen molar-refractivity contribution < 1.29 is 71.1 Å². The molecule has 10 aromatic carbocycles. The van der Waals surface area contributed by atoms with Crippen molar-refractivity contribution in [1.82, 2.24) is 74.8 Å². The summed E-state index contributed by atoms with van der Waals surface area (Å²) in [4.78, 5) is 126. The van der Waals surface area contributed by atoms with E-state index in [1.165, 1.54) is 67.4 Å². The molecular weight excluding hydrogens is 1970 g/mol. The van der Waals surface area contributed by atoms with E-state index in [1.54, 1.807) is 117 Å². The van der Waals surface area contributed by atoms with Gasteiger partial charge in [0.1, 0.15) is 39.2 Å². The Morgan fingerprint density at radius 2 is 0.773 bits per heavy atom. The summed E-state index contributed by atoms with van der Waals surface area (Å²) < 4.78 is 72.3. The predicted molar refractivity (Wildman–Crippen MR) is 570 cm³/mol. The van der Waals surface area contributed by atoms with Crippen LogP contribution in [0.4, 0.5) is 91.4 Å². The van der Waals surface area contributed by atoms with Crippen LogP contribution in [0.25, 0.3) is 109 Å². The lowest BCUT2D eigenvalue weighted by atomic mass is 10.1. The number of anilines is 12. The van der Waals surface area contributed by atoms with Gasteiger partial charge in [0.15, 0.2) is 34.9 Å². The Balaban J connectivity index is 0.000000122. The number of ether oxygens (including phenoxy) is 1. The van der Waals surface area contributed by atoms with Gasteiger partial charge in [-0.1, -0.05) is 115 Å². The number of unbranched alkanes of at least 4 members (excludes halogenated alkanes) is 1.